The number of carbonyl (C=O) groups is 3. The second kappa shape index (κ2) is 15.2. The van der Waals surface area contributed by atoms with Gasteiger partial charge in [0.1, 0.15) is 11.5 Å². The van der Waals surface area contributed by atoms with E-state index in [0.29, 0.717) is 38.3 Å². The van der Waals surface area contributed by atoms with Gasteiger partial charge in [-0.05, 0) is 51.2 Å². The minimum Gasteiger partial charge on any atom is -0.483 e. The second-order valence-electron chi connectivity index (χ2n) is 8.31. The first-order chi connectivity index (χ1) is 19.6. The lowest BCUT2D eigenvalue weighted by atomic mass is 9.95. The first-order valence-electron chi connectivity index (χ1n) is 12.4. The van der Waals surface area contributed by atoms with Crippen LogP contribution >= 0.6 is 35.4 Å². The normalized spacial score (nSPS) is 14.7. The van der Waals surface area contributed by atoms with Gasteiger partial charge in [-0.2, -0.15) is 5.10 Å². The number of allylic oxidation sites excluding steroid dienone is 1. The molecule has 1 heterocycles. The van der Waals surface area contributed by atoms with Crippen LogP contribution < -0.4 is 25.5 Å². The van der Waals surface area contributed by atoms with E-state index in [-0.39, 0.29) is 30.6 Å². The van der Waals surface area contributed by atoms with Crippen LogP contribution in [0.25, 0.3) is 0 Å². The quantitative estimate of drug-likeness (QED) is 0.139. The number of esters is 2. The Kier molecular flexibility index (Phi) is 11.7. The third-order valence-corrected chi connectivity index (χ3v) is 6.14. The zero-order chi connectivity index (χ0) is 29.9. The van der Waals surface area contributed by atoms with Gasteiger partial charge in [0.25, 0.3) is 5.91 Å². The highest BCUT2D eigenvalue weighted by Gasteiger charge is 2.32. The summed E-state index contributed by atoms with van der Waals surface area (Å²) in [6, 6.07) is 9.20. The molecule has 1 atom stereocenters. The van der Waals surface area contributed by atoms with Gasteiger partial charge in [0.05, 0.1) is 36.1 Å². The minimum absolute atomic E-state index is 0.139. The number of nitrogens with one attached hydrogen (secondary N) is 3. The molecule has 0 fully saturated rings. The molecule has 0 bridgehead atoms. The van der Waals surface area contributed by atoms with Gasteiger partial charge >= 0.3 is 11.9 Å². The van der Waals surface area contributed by atoms with Crippen molar-refractivity contribution < 1.29 is 33.3 Å². The first kappa shape index (κ1) is 31.7. The molecule has 0 unspecified atom stereocenters. The number of rotatable bonds is 12. The molecule has 0 spiro atoms. The van der Waals surface area contributed by atoms with E-state index in [1.807, 2.05) is 0 Å². The number of ether oxygens (including phenoxy) is 4. The fraction of sp³-hybridized carbons (Fsp3) is 0.296. The van der Waals surface area contributed by atoms with Crippen LogP contribution in [0.4, 0.5) is 0 Å². The number of thiocarbonyl (C=S) groups is 1. The molecule has 2 aromatic carbocycles. The standard InChI is InChI=1S/C27H28Cl2N4O7S/c1-4-37-22(35)14-40-25-16(10-17(28)11-19(25)29)12-30-33-21(34)13-39-20-9-7-6-8-18(20)24-23(26(36)38-5-2)15(3)31-27(41)32-24/h6-12,24H,4-5,13-14H2,1-3H3,(H,33,34)(H2,31,32,41)/t24-/m0/s1. The van der Waals surface area contributed by atoms with Crippen molar-refractivity contribution in [3.63, 3.8) is 0 Å². The van der Waals surface area contributed by atoms with Crippen molar-refractivity contribution in [1.82, 2.24) is 16.1 Å². The molecule has 3 N–H and O–H groups in total. The molecule has 0 saturated heterocycles. The number of benzene rings is 2. The Morgan fingerprint density at radius 3 is 2.54 bits per heavy atom. The average molecular weight is 624 g/mol. The van der Waals surface area contributed by atoms with Crippen LogP contribution in [0.3, 0.4) is 0 Å². The van der Waals surface area contributed by atoms with E-state index in [4.69, 9.17) is 54.4 Å². The molecule has 1 aliphatic heterocycles. The van der Waals surface area contributed by atoms with Crippen LogP contribution in [0, 0.1) is 0 Å². The van der Waals surface area contributed by atoms with Gasteiger partial charge in [-0.15, -0.1) is 0 Å². The Balaban J connectivity index is 1.70. The number of hydrogen-bond donors (Lipinski definition) is 3. The monoisotopic (exact) mass is 622 g/mol. The number of amides is 1. The van der Waals surface area contributed by atoms with Crippen LogP contribution in [0.2, 0.25) is 10.0 Å². The van der Waals surface area contributed by atoms with Crippen LogP contribution in [0.15, 0.2) is 52.8 Å². The van der Waals surface area contributed by atoms with Gasteiger partial charge in [0.15, 0.2) is 18.3 Å². The van der Waals surface area contributed by atoms with Gasteiger partial charge in [0, 0.05) is 21.8 Å². The molecule has 0 radical (unpaired) electrons. The van der Waals surface area contributed by atoms with Crippen LogP contribution in [-0.2, 0) is 23.9 Å². The summed E-state index contributed by atoms with van der Waals surface area (Å²) in [6.07, 6.45) is 1.27. The lowest BCUT2D eigenvalue weighted by molar-refractivity contribution is -0.145. The zero-order valence-electron chi connectivity index (χ0n) is 22.4. The summed E-state index contributed by atoms with van der Waals surface area (Å²) in [6.45, 7) is 4.74. The topological polar surface area (TPSA) is 137 Å². The molecule has 1 amide bonds. The summed E-state index contributed by atoms with van der Waals surface area (Å²) < 4.78 is 21.3. The third kappa shape index (κ3) is 8.81. The van der Waals surface area contributed by atoms with Crippen LogP contribution in [0.5, 0.6) is 11.5 Å². The van der Waals surface area contributed by atoms with Gasteiger partial charge in [-0.1, -0.05) is 41.4 Å². The van der Waals surface area contributed by atoms with E-state index >= 15 is 0 Å². The predicted octanol–water partition coefficient (Wildman–Crippen LogP) is 3.82. The lowest BCUT2D eigenvalue weighted by Crippen LogP contribution is -2.45. The molecule has 14 heteroatoms. The highest BCUT2D eigenvalue weighted by Crippen LogP contribution is 2.34. The van der Waals surface area contributed by atoms with Crippen molar-refractivity contribution in [3.8, 4) is 11.5 Å². The Hall–Kier alpha value is -3.87. The Morgan fingerprint density at radius 1 is 1.07 bits per heavy atom. The molecule has 2 aromatic rings. The summed E-state index contributed by atoms with van der Waals surface area (Å²) in [5, 5.41) is 10.7. The van der Waals surface area contributed by atoms with Gasteiger partial charge in [-0.3, -0.25) is 4.79 Å². The van der Waals surface area contributed by atoms with Crippen molar-refractivity contribution in [2.75, 3.05) is 26.4 Å². The molecule has 41 heavy (non-hydrogen) atoms. The van der Waals surface area contributed by atoms with E-state index in [1.54, 1.807) is 45.0 Å². The number of nitrogens with zero attached hydrogens (tertiary/aromatic N) is 1. The maximum Gasteiger partial charge on any atom is 0.344 e. The Morgan fingerprint density at radius 2 is 1.80 bits per heavy atom. The number of hydrazone groups is 1. The van der Waals surface area contributed by atoms with Crippen molar-refractivity contribution in [2.24, 2.45) is 5.10 Å². The van der Waals surface area contributed by atoms with Gasteiger partial charge in [0.2, 0.25) is 0 Å². The van der Waals surface area contributed by atoms with Crippen molar-refractivity contribution in [3.05, 3.63) is 68.8 Å². The van der Waals surface area contributed by atoms with E-state index < -0.39 is 30.5 Å². The summed E-state index contributed by atoms with van der Waals surface area (Å²) in [4.78, 5) is 36.9. The summed E-state index contributed by atoms with van der Waals surface area (Å²) in [5.74, 6) is -1.18. The van der Waals surface area contributed by atoms with Crippen LogP contribution in [-0.4, -0.2) is 55.6 Å². The lowest BCUT2D eigenvalue weighted by Gasteiger charge is -2.30. The molecule has 1 aliphatic rings. The zero-order valence-corrected chi connectivity index (χ0v) is 24.7. The van der Waals surface area contributed by atoms with Crippen LogP contribution in [0.1, 0.15) is 37.9 Å². The summed E-state index contributed by atoms with van der Waals surface area (Å²) in [5.41, 5.74) is 4.13. The number of halogens is 2. The fourth-order valence-electron chi connectivity index (χ4n) is 3.77. The predicted molar refractivity (Wildman–Crippen MR) is 157 cm³/mol. The fourth-order valence-corrected chi connectivity index (χ4v) is 4.60. The molecule has 0 aromatic heterocycles. The highest BCUT2D eigenvalue weighted by molar-refractivity contribution is 7.80. The Labute approximate surface area is 252 Å². The van der Waals surface area contributed by atoms with E-state index in [9.17, 15) is 14.4 Å². The maximum atomic E-state index is 12.7. The van der Waals surface area contributed by atoms with Gasteiger partial charge < -0.3 is 29.6 Å². The number of carbonyl (C=O) groups excluding carboxylic acids is 3. The molecule has 0 saturated carbocycles. The molecular formula is C27H28Cl2N4O7S. The number of para-hydroxylation sites is 1. The Bertz CT molecular complexity index is 1380. The van der Waals surface area contributed by atoms with E-state index in [1.165, 1.54) is 18.3 Å². The first-order valence-corrected chi connectivity index (χ1v) is 13.6. The van der Waals surface area contributed by atoms with Crippen molar-refractivity contribution in [1.29, 1.82) is 0 Å². The number of hydrogen-bond acceptors (Lipinski definition) is 9. The van der Waals surface area contributed by atoms with Crippen molar-refractivity contribution >= 4 is 64.6 Å². The van der Waals surface area contributed by atoms with Crippen molar-refractivity contribution in [2.45, 2.75) is 26.8 Å². The molecule has 0 aliphatic carbocycles. The van der Waals surface area contributed by atoms with E-state index in [2.05, 4.69) is 21.2 Å². The smallest absolute Gasteiger partial charge is 0.344 e. The maximum absolute atomic E-state index is 12.7. The third-order valence-electron chi connectivity index (χ3n) is 5.42. The van der Waals surface area contributed by atoms with E-state index in [0.717, 1.165) is 0 Å². The summed E-state index contributed by atoms with van der Waals surface area (Å²) in [7, 11) is 0. The average Bonchev–Trinajstić information content (AvgIpc) is 2.91. The molecule has 218 valence electrons. The second-order valence-corrected chi connectivity index (χ2v) is 9.56. The van der Waals surface area contributed by atoms with Gasteiger partial charge in [-0.25, -0.2) is 15.0 Å². The largest absolute Gasteiger partial charge is 0.483 e. The summed E-state index contributed by atoms with van der Waals surface area (Å²) >= 11 is 17.6. The molecular weight excluding hydrogens is 595 g/mol. The molecule has 3 rings (SSSR count). The highest BCUT2D eigenvalue weighted by atomic mass is 35.5. The molecule has 11 nitrogen and oxygen atoms in total. The minimum atomic E-state index is -0.666. The SMILES string of the molecule is CCOC(=O)COc1c(Cl)cc(Cl)cc1C=NNC(=O)COc1ccccc1[C@@H]1NC(=S)NC(C)=C1C(=O)OCC.